The van der Waals surface area contributed by atoms with Crippen LogP contribution in [0.25, 0.3) is 0 Å². The fourth-order valence-electron chi connectivity index (χ4n) is 2.17. The van der Waals surface area contributed by atoms with Gasteiger partial charge in [0.15, 0.2) is 5.96 Å². The summed E-state index contributed by atoms with van der Waals surface area (Å²) in [6.45, 7) is 6.42. The summed E-state index contributed by atoms with van der Waals surface area (Å²) in [5.74, 6) is 0.761. The number of aliphatic imine (C=N–C) groups is 1. The van der Waals surface area contributed by atoms with E-state index in [0.717, 1.165) is 25.5 Å². The quantitative estimate of drug-likeness (QED) is 0.657. The molecule has 1 aliphatic rings. The van der Waals surface area contributed by atoms with Gasteiger partial charge >= 0.3 is 0 Å². The van der Waals surface area contributed by atoms with E-state index in [0.29, 0.717) is 6.04 Å². The summed E-state index contributed by atoms with van der Waals surface area (Å²) in [4.78, 5) is 6.62. The van der Waals surface area contributed by atoms with Gasteiger partial charge in [0.1, 0.15) is 0 Å². The second-order valence-corrected chi connectivity index (χ2v) is 4.40. The van der Waals surface area contributed by atoms with Gasteiger partial charge in [-0.1, -0.05) is 39.5 Å². The molecule has 0 aromatic heterocycles. The van der Waals surface area contributed by atoms with Crippen LogP contribution in [0.1, 0.15) is 52.4 Å². The van der Waals surface area contributed by atoms with Crippen LogP contribution in [0.2, 0.25) is 0 Å². The summed E-state index contributed by atoms with van der Waals surface area (Å²) < 4.78 is 0. The summed E-state index contributed by atoms with van der Waals surface area (Å²) in [6.07, 6.45) is 7.75. The SMILES string of the molecule is CCCCCCC1CN=C(N)N1CCC. The third kappa shape index (κ3) is 3.73. The van der Waals surface area contributed by atoms with Crippen molar-refractivity contribution in [2.45, 2.75) is 58.4 Å². The lowest BCUT2D eigenvalue weighted by Gasteiger charge is -2.25. The molecule has 0 aromatic rings. The van der Waals surface area contributed by atoms with Crippen LogP contribution in [0.3, 0.4) is 0 Å². The molecular formula is C12H25N3. The second kappa shape index (κ2) is 6.70. The molecule has 2 N–H and O–H groups in total. The lowest BCUT2D eigenvalue weighted by atomic mass is 10.1. The Balaban J connectivity index is 2.23. The Morgan fingerprint density at radius 2 is 2.07 bits per heavy atom. The lowest BCUT2D eigenvalue weighted by Crippen LogP contribution is -2.41. The molecule has 88 valence electrons. The first-order valence-electron chi connectivity index (χ1n) is 6.36. The van der Waals surface area contributed by atoms with Gasteiger partial charge in [-0.05, 0) is 12.8 Å². The standard InChI is InChI=1S/C12H25N3/c1-3-5-6-7-8-11-10-14-12(13)15(11)9-4-2/h11H,3-10H2,1-2H3,(H2,13,14). The number of hydrogen-bond donors (Lipinski definition) is 1. The normalized spacial score (nSPS) is 20.8. The van der Waals surface area contributed by atoms with E-state index in [1.54, 1.807) is 0 Å². The number of unbranched alkanes of at least 4 members (excludes halogenated alkanes) is 3. The number of nitrogens with two attached hydrogens (primary N) is 1. The van der Waals surface area contributed by atoms with E-state index in [4.69, 9.17) is 5.73 Å². The zero-order valence-corrected chi connectivity index (χ0v) is 10.2. The van der Waals surface area contributed by atoms with E-state index < -0.39 is 0 Å². The topological polar surface area (TPSA) is 41.6 Å². The molecule has 0 amide bonds. The first kappa shape index (κ1) is 12.3. The molecule has 1 unspecified atom stereocenters. The maximum absolute atomic E-state index is 5.86. The summed E-state index contributed by atoms with van der Waals surface area (Å²) in [6, 6.07) is 0.585. The molecule has 1 atom stereocenters. The van der Waals surface area contributed by atoms with E-state index in [9.17, 15) is 0 Å². The van der Waals surface area contributed by atoms with Crippen molar-refractivity contribution in [2.75, 3.05) is 13.1 Å². The summed E-state index contributed by atoms with van der Waals surface area (Å²) in [5.41, 5.74) is 5.86. The highest BCUT2D eigenvalue weighted by Crippen LogP contribution is 2.16. The van der Waals surface area contributed by atoms with Crippen molar-refractivity contribution in [3.8, 4) is 0 Å². The van der Waals surface area contributed by atoms with E-state index in [1.165, 1.54) is 32.1 Å². The minimum Gasteiger partial charge on any atom is -0.370 e. The second-order valence-electron chi connectivity index (χ2n) is 4.40. The highest BCUT2D eigenvalue weighted by Gasteiger charge is 2.24. The fraction of sp³-hybridized carbons (Fsp3) is 0.917. The van der Waals surface area contributed by atoms with Crippen molar-refractivity contribution in [3.05, 3.63) is 0 Å². The van der Waals surface area contributed by atoms with Gasteiger partial charge in [-0.2, -0.15) is 0 Å². The van der Waals surface area contributed by atoms with Crippen LogP contribution < -0.4 is 5.73 Å². The smallest absolute Gasteiger partial charge is 0.191 e. The van der Waals surface area contributed by atoms with Gasteiger partial charge in [-0.15, -0.1) is 0 Å². The van der Waals surface area contributed by atoms with Crippen LogP contribution in [-0.4, -0.2) is 30.0 Å². The number of hydrogen-bond acceptors (Lipinski definition) is 3. The average molecular weight is 211 g/mol. The van der Waals surface area contributed by atoms with E-state index in [1.807, 2.05) is 0 Å². The third-order valence-corrected chi connectivity index (χ3v) is 3.05. The van der Waals surface area contributed by atoms with Gasteiger partial charge in [0.25, 0.3) is 0 Å². The van der Waals surface area contributed by atoms with Crippen LogP contribution in [0.15, 0.2) is 4.99 Å². The Labute approximate surface area is 93.7 Å². The Morgan fingerprint density at radius 3 is 2.73 bits per heavy atom. The van der Waals surface area contributed by atoms with E-state index >= 15 is 0 Å². The molecule has 0 saturated heterocycles. The molecule has 1 aliphatic heterocycles. The predicted octanol–water partition coefficient (Wildman–Crippen LogP) is 2.37. The molecule has 0 spiro atoms. The number of nitrogens with zero attached hydrogens (tertiary/aromatic N) is 2. The molecule has 1 heterocycles. The first-order valence-corrected chi connectivity index (χ1v) is 6.36. The minimum absolute atomic E-state index is 0.585. The van der Waals surface area contributed by atoms with Crippen LogP contribution in [0.4, 0.5) is 0 Å². The zero-order chi connectivity index (χ0) is 11.1. The maximum atomic E-state index is 5.86. The number of guanidine groups is 1. The monoisotopic (exact) mass is 211 g/mol. The molecule has 0 bridgehead atoms. The summed E-state index contributed by atoms with van der Waals surface area (Å²) in [5, 5.41) is 0. The van der Waals surface area contributed by atoms with Gasteiger partial charge in [0.2, 0.25) is 0 Å². The largest absolute Gasteiger partial charge is 0.370 e. The van der Waals surface area contributed by atoms with Gasteiger partial charge in [-0.3, -0.25) is 4.99 Å². The first-order chi connectivity index (χ1) is 7.29. The molecule has 15 heavy (non-hydrogen) atoms. The van der Waals surface area contributed by atoms with Crippen molar-refractivity contribution < 1.29 is 0 Å². The fourth-order valence-corrected chi connectivity index (χ4v) is 2.17. The van der Waals surface area contributed by atoms with Crippen LogP contribution >= 0.6 is 0 Å². The molecular weight excluding hydrogens is 186 g/mol. The molecule has 0 aliphatic carbocycles. The Morgan fingerprint density at radius 1 is 1.27 bits per heavy atom. The van der Waals surface area contributed by atoms with Gasteiger partial charge in [0, 0.05) is 6.54 Å². The molecule has 0 aromatic carbocycles. The van der Waals surface area contributed by atoms with Gasteiger partial charge < -0.3 is 10.6 Å². The third-order valence-electron chi connectivity index (χ3n) is 3.05. The van der Waals surface area contributed by atoms with Gasteiger partial charge in [-0.25, -0.2) is 0 Å². The van der Waals surface area contributed by atoms with E-state index in [-0.39, 0.29) is 0 Å². The van der Waals surface area contributed by atoms with Crippen LogP contribution in [-0.2, 0) is 0 Å². The van der Waals surface area contributed by atoms with Crippen LogP contribution in [0, 0.1) is 0 Å². The molecule has 0 saturated carbocycles. The molecule has 1 rings (SSSR count). The summed E-state index contributed by atoms with van der Waals surface area (Å²) in [7, 11) is 0. The Hall–Kier alpha value is -0.730. The van der Waals surface area contributed by atoms with Crippen LogP contribution in [0.5, 0.6) is 0 Å². The highest BCUT2D eigenvalue weighted by molar-refractivity contribution is 5.80. The number of rotatable bonds is 7. The average Bonchev–Trinajstić information content (AvgIpc) is 2.57. The molecule has 3 nitrogen and oxygen atoms in total. The van der Waals surface area contributed by atoms with Crippen molar-refractivity contribution in [2.24, 2.45) is 10.7 Å². The molecule has 3 heteroatoms. The van der Waals surface area contributed by atoms with Crippen molar-refractivity contribution in [3.63, 3.8) is 0 Å². The summed E-state index contributed by atoms with van der Waals surface area (Å²) >= 11 is 0. The van der Waals surface area contributed by atoms with E-state index in [2.05, 4.69) is 23.7 Å². The Bertz CT molecular complexity index is 201. The lowest BCUT2D eigenvalue weighted by molar-refractivity contribution is 0.316. The van der Waals surface area contributed by atoms with Crippen molar-refractivity contribution >= 4 is 5.96 Å². The Kier molecular flexibility index (Phi) is 5.51. The predicted molar refractivity (Wildman–Crippen MR) is 66.0 cm³/mol. The highest BCUT2D eigenvalue weighted by atomic mass is 15.3. The van der Waals surface area contributed by atoms with Crippen molar-refractivity contribution in [1.82, 2.24) is 4.90 Å². The minimum atomic E-state index is 0.585. The maximum Gasteiger partial charge on any atom is 0.191 e. The zero-order valence-electron chi connectivity index (χ0n) is 10.2. The van der Waals surface area contributed by atoms with Crippen molar-refractivity contribution in [1.29, 1.82) is 0 Å². The molecule has 0 radical (unpaired) electrons. The van der Waals surface area contributed by atoms with Gasteiger partial charge in [0.05, 0.1) is 12.6 Å². The molecule has 0 fully saturated rings.